The number of fused-ring (bicyclic) bond motifs is 2. The lowest BCUT2D eigenvalue weighted by molar-refractivity contribution is 0.344. The van der Waals surface area contributed by atoms with Crippen LogP contribution >= 0.6 is 0 Å². The first kappa shape index (κ1) is 14.6. The van der Waals surface area contributed by atoms with Crippen molar-refractivity contribution in [3.63, 3.8) is 0 Å². The van der Waals surface area contributed by atoms with E-state index in [9.17, 15) is 4.39 Å². The summed E-state index contributed by atoms with van der Waals surface area (Å²) in [5, 5.41) is 8.69. The van der Waals surface area contributed by atoms with E-state index in [2.05, 4.69) is 15.4 Å². The molecule has 126 valence electrons. The zero-order valence-electron chi connectivity index (χ0n) is 13.9. The van der Waals surface area contributed by atoms with E-state index >= 15 is 0 Å². The molecular weight excluding hydrogens is 317 g/mol. The summed E-state index contributed by atoms with van der Waals surface area (Å²) in [6, 6.07) is 7.55. The summed E-state index contributed by atoms with van der Waals surface area (Å²) in [4.78, 5) is 4.47. The maximum atomic E-state index is 14.6. The monoisotopic (exact) mass is 335 g/mol. The fraction of sp³-hybridized carbons (Fsp3) is 0.263. The second-order valence-electron chi connectivity index (χ2n) is 6.84. The van der Waals surface area contributed by atoms with E-state index in [1.54, 1.807) is 15.1 Å². The van der Waals surface area contributed by atoms with E-state index in [0.717, 1.165) is 47.2 Å². The molecule has 3 aromatic heterocycles. The van der Waals surface area contributed by atoms with Gasteiger partial charge >= 0.3 is 0 Å². The average molecular weight is 335 g/mol. The number of imidazole rings is 1. The Hall–Kier alpha value is -2.73. The van der Waals surface area contributed by atoms with Gasteiger partial charge in [-0.25, -0.2) is 9.37 Å². The van der Waals surface area contributed by atoms with Gasteiger partial charge in [0.05, 0.1) is 11.2 Å². The zero-order chi connectivity index (χ0) is 17.0. The van der Waals surface area contributed by atoms with Crippen LogP contribution in [0, 0.1) is 11.7 Å². The Bertz CT molecular complexity index is 1090. The summed E-state index contributed by atoms with van der Waals surface area (Å²) in [6.07, 6.45) is 6.76. The molecule has 0 unspecified atom stereocenters. The first-order chi connectivity index (χ1) is 12.2. The number of hydrogen-bond acceptors (Lipinski definition) is 3. The Balaban J connectivity index is 1.57. The second-order valence-corrected chi connectivity index (χ2v) is 6.84. The van der Waals surface area contributed by atoms with Gasteiger partial charge in [0.2, 0.25) is 0 Å². The first-order valence-electron chi connectivity index (χ1n) is 8.47. The molecule has 1 aliphatic heterocycles. The minimum absolute atomic E-state index is 0.290. The molecule has 1 aliphatic rings. The number of nitrogens with zero attached hydrogens (tertiary/aromatic N) is 4. The standard InChI is InChI=1S/C19H18FN5/c1-24-9-15-5-13(2-3-18(15)23-24)14-6-17(20)19-22-16(11-25(19)10-14)4-12-7-21-8-12/h2-3,5-6,9-12,21H,4,7-8H2,1H3. The topological polar surface area (TPSA) is 47.2 Å². The fourth-order valence-corrected chi connectivity index (χ4v) is 3.48. The molecule has 6 heteroatoms. The van der Waals surface area contributed by atoms with Crippen molar-refractivity contribution in [3.8, 4) is 11.1 Å². The third-order valence-corrected chi connectivity index (χ3v) is 4.87. The van der Waals surface area contributed by atoms with Crippen molar-refractivity contribution < 1.29 is 4.39 Å². The van der Waals surface area contributed by atoms with Gasteiger partial charge in [0.1, 0.15) is 0 Å². The summed E-state index contributed by atoms with van der Waals surface area (Å²) < 4.78 is 18.2. The molecule has 1 fully saturated rings. The van der Waals surface area contributed by atoms with Crippen molar-refractivity contribution in [2.45, 2.75) is 6.42 Å². The first-order valence-corrected chi connectivity index (χ1v) is 8.47. The average Bonchev–Trinajstić information content (AvgIpc) is 3.12. The highest BCUT2D eigenvalue weighted by atomic mass is 19.1. The number of hydrogen-bond donors (Lipinski definition) is 1. The highest BCUT2D eigenvalue weighted by molar-refractivity contribution is 5.84. The fourth-order valence-electron chi connectivity index (χ4n) is 3.48. The summed E-state index contributed by atoms with van der Waals surface area (Å²) >= 11 is 0. The van der Waals surface area contributed by atoms with Gasteiger partial charge < -0.3 is 9.72 Å². The summed E-state index contributed by atoms with van der Waals surface area (Å²) in [7, 11) is 1.90. The minimum atomic E-state index is -0.290. The number of benzene rings is 1. The molecule has 0 saturated carbocycles. The van der Waals surface area contributed by atoms with Gasteiger partial charge in [0.25, 0.3) is 0 Å². The lowest BCUT2D eigenvalue weighted by Gasteiger charge is -2.25. The molecule has 4 heterocycles. The van der Waals surface area contributed by atoms with Gasteiger partial charge in [-0.15, -0.1) is 0 Å². The predicted octanol–water partition coefficient (Wildman–Crippen LogP) is 2.79. The molecule has 0 spiro atoms. The summed E-state index contributed by atoms with van der Waals surface area (Å²) in [6.45, 7) is 2.04. The van der Waals surface area contributed by atoms with E-state index in [0.29, 0.717) is 11.6 Å². The molecule has 0 radical (unpaired) electrons. The maximum Gasteiger partial charge on any atom is 0.173 e. The number of aryl methyl sites for hydroxylation is 1. The minimum Gasteiger partial charge on any atom is -0.316 e. The van der Waals surface area contributed by atoms with Gasteiger partial charge in [-0.2, -0.15) is 5.10 Å². The van der Waals surface area contributed by atoms with Gasteiger partial charge in [-0.05, 0) is 49.2 Å². The molecular formula is C19H18FN5. The van der Waals surface area contributed by atoms with E-state index in [1.807, 2.05) is 43.8 Å². The van der Waals surface area contributed by atoms with Crippen molar-refractivity contribution >= 4 is 16.6 Å². The van der Waals surface area contributed by atoms with Crippen LogP contribution in [0.2, 0.25) is 0 Å². The van der Waals surface area contributed by atoms with Crippen LogP contribution in [0.3, 0.4) is 0 Å². The largest absolute Gasteiger partial charge is 0.316 e. The van der Waals surface area contributed by atoms with Crippen LogP contribution in [-0.2, 0) is 13.5 Å². The zero-order valence-corrected chi connectivity index (χ0v) is 13.9. The molecule has 1 N–H and O–H groups in total. The van der Waals surface area contributed by atoms with Crippen molar-refractivity contribution in [3.05, 3.63) is 54.4 Å². The normalized spacial score (nSPS) is 15.1. The van der Waals surface area contributed by atoms with Gasteiger partial charge in [0.15, 0.2) is 11.5 Å². The number of pyridine rings is 1. The molecule has 0 atom stereocenters. The predicted molar refractivity (Wildman–Crippen MR) is 94.9 cm³/mol. The second kappa shape index (κ2) is 5.39. The van der Waals surface area contributed by atoms with Crippen LogP contribution in [0.5, 0.6) is 0 Å². The molecule has 1 aromatic carbocycles. The van der Waals surface area contributed by atoms with Gasteiger partial charge in [-0.3, -0.25) is 4.68 Å². The lowest BCUT2D eigenvalue weighted by Crippen LogP contribution is -2.43. The molecule has 0 bridgehead atoms. The SMILES string of the molecule is Cn1cc2cc(-c3cc(F)c4nc(CC5CNC5)cn4c3)ccc2n1. The van der Waals surface area contributed by atoms with Gasteiger partial charge in [0, 0.05) is 36.6 Å². The van der Waals surface area contributed by atoms with Crippen molar-refractivity contribution in [2.75, 3.05) is 13.1 Å². The summed E-state index contributed by atoms with van der Waals surface area (Å²) in [5.41, 5.74) is 4.09. The Morgan fingerprint density at radius 1 is 1.16 bits per heavy atom. The molecule has 5 rings (SSSR count). The van der Waals surface area contributed by atoms with Crippen LogP contribution in [0.15, 0.2) is 42.9 Å². The molecule has 0 amide bonds. The number of rotatable bonds is 3. The van der Waals surface area contributed by atoms with Crippen LogP contribution in [0.1, 0.15) is 5.69 Å². The molecule has 1 saturated heterocycles. The maximum absolute atomic E-state index is 14.6. The van der Waals surface area contributed by atoms with Crippen molar-refractivity contribution in [1.82, 2.24) is 24.5 Å². The van der Waals surface area contributed by atoms with Crippen LogP contribution < -0.4 is 5.32 Å². The van der Waals surface area contributed by atoms with E-state index in [-0.39, 0.29) is 5.82 Å². The third kappa shape index (κ3) is 2.49. The summed E-state index contributed by atoms with van der Waals surface area (Å²) in [5.74, 6) is 0.321. The van der Waals surface area contributed by atoms with Crippen LogP contribution in [-0.4, -0.2) is 32.3 Å². The Kier molecular flexibility index (Phi) is 3.15. The molecule has 0 aliphatic carbocycles. The van der Waals surface area contributed by atoms with Crippen LogP contribution in [0.25, 0.3) is 27.7 Å². The number of halogens is 1. The van der Waals surface area contributed by atoms with Crippen LogP contribution in [0.4, 0.5) is 4.39 Å². The smallest absolute Gasteiger partial charge is 0.173 e. The third-order valence-electron chi connectivity index (χ3n) is 4.87. The Labute approximate surface area is 144 Å². The van der Waals surface area contributed by atoms with Gasteiger partial charge in [-0.1, -0.05) is 6.07 Å². The molecule has 5 nitrogen and oxygen atoms in total. The van der Waals surface area contributed by atoms with E-state index in [4.69, 9.17) is 0 Å². The Morgan fingerprint density at radius 3 is 2.84 bits per heavy atom. The van der Waals surface area contributed by atoms with Crippen molar-refractivity contribution in [1.29, 1.82) is 0 Å². The van der Waals surface area contributed by atoms with E-state index < -0.39 is 0 Å². The highest BCUT2D eigenvalue weighted by Gasteiger charge is 2.19. The van der Waals surface area contributed by atoms with Crippen molar-refractivity contribution in [2.24, 2.45) is 13.0 Å². The van der Waals surface area contributed by atoms with E-state index in [1.165, 1.54) is 0 Å². The number of aromatic nitrogens is 4. The quantitative estimate of drug-likeness (QED) is 0.626. The number of nitrogens with one attached hydrogen (secondary N) is 1. The Morgan fingerprint density at radius 2 is 2.04 bits per heavy atom. The highest BCUT2D eigenvalue weighted by Crippen LogP contribution is 2.26. The molecule has 4 aromatic rings. The molecule has 25 heavy (non-hydrogen) atoms. The lowest BCUT2D eigenvalue weighted by atomic mass is 9.98.